The Hall–Kier alpha value is -2.23. The quantitative estimate of drug-likeness (QED) is 0.762. The lowest BCUT2D eigenvalue weighted by atomic mass is 9.78. The Labute approximate surface area is 134 Å². The molecule has 2 aromatic rings. The number of fused-ring (bicyclic) bond motifs is 1. The van der Waals surface area contributed by atoms with E-state index in [-0.39, 0.29) is 17.0 Å². The molecule has 0 fully saturated rings. The lowest BCUT2D eigenvalue weighted by molar-refractivity contribution is 0.101. The second-order valence-corrected chi connectivity index (χ2v) is 6.72. The maximum atomic E-state index is 14.3. The summed E-state index contributed by atoms with van der Waals surface area (Å²) >= 11 is 0. The molecule has 0 bridgehead atoms. The van der Waals surface area contributed by atoms with E-state index >= 15 is 0 Å². The fourth-order valence-electron chi connectivity index (χ4n) is 3.40. The number of carbonyl (C=O) groups excluding carboxylic acids is 1. The van der Waals surface area contributed by atoms with Crippen LogP contribution in [-0.4, -0.2) is 12.3 Å². The molecule has 120 valence electrons. The van der Waals surface area contributed by atoms with Gasteiger partial charge in [-0.3, -0.25) is 4.79 Å². The van der Waals surface area contributed by atoms with Crippen LogP contribution in [0.2, 0.25) is 0 Å². The summed E-state index contributed by atoms with van der Waals surface area (Å²) in [5.74, 6) is -0.884. The molecule has 2 aromatic carbocycles. The van der Waals surface area contributed by atoms with Gasteiger partial charge in [0, 0.05) is 35.3 Å². The third-order valence-electron chi connectivity index (χ3n) is 4.46. The minimum absolute atomic E-state index is 0.198. The summed E-state index contributed by atoms with van der Waals surface area (Å²) in [5.41, 5.74) is 2.35. The summed E-state index contributed by atoms with van der Waals surface area (Å²) in [6, 6.07) is 9.33. The molecule has 0 amide bonds. The van der Waals surface area contributed by atoms with Gasteiger partial charge in [-0.25, -0.2) is 8.78 Å². The van der Waals surface area contributed by atoms with Gasteiger partial charge < -0.3 is 4.90 Å². The van der Waals surface area contributed by atoms with Crippen LogP contribution in [0.15, 0.2) is 36.4 Å². The van der Waals surface area contributed by atoms with E-state index in [0.717, 1.165) is 5.56 Å². The average molecular weight is 315 g/mol. The number of anilines is 1. The third kappa shape index (κ3) is 2.74. The first kappa shape index (κ1) is 15.7. The van der Waals surface area contributed by atoms with Gasteiger partial charge in [0.2, 0.25) is 0 Å². The number of hydrogen-bond acceptors (Lipinski definition) is 2. The number of Topliss-reactive ketones (excluding diaryl/α,β-unsaturated/α-hetero) is 1. The molecule has 4 heteroatoms. The van der Waals surface area contributed by atoms with E-state index in [1.165, 1.54) is 25.1 Å². The van der Waals surface area contributed by atoms with Crippen molar-refractivity contribution in [3.63, 3.8) is 0 Å². The van der Waals surface area contributed by atoms with Crippen molar-refractivity contribution >= 4 is 11.5 Å². The van der Waals surface area contributed by atoms with Gasteiger partial charge in [-0.05, 0) is 36.8 Å². The van der Waals surface area contributed by atoms with E-state index in [9.17, 15) is 13.6 Å². The fraction of sp³-hybridized carbons (Fsp3) is 0.316. The minimum Gasteiger partial charge on any atom is -0.366 e. The van der Waals surface area contributed by atoms with Crippen LogP contribution in [0.5, 0.6) is 0 Å². The van der Waals surface area contributed by atoms with Crippen LogP contribution in [0.1, 0.15) is 42.3 Å². The van der Waals surface area contributed by atoms with Crippen molar-refractivity contribution in [1.29, 1.82) is 0 Å². The molecular formula is C19H19F2NO. The number of nitrogens with zero attached hydrogens (tertiary/aromatic N) is 1. The number of ketones is 1. The Morgan fingerprint density at radius 3 is 2.61 bits per heavy atom. The highest BCUT2D eigenvalue weighted by molar-refractivity contribution is 5.99. The van der Waals surface area contributed by atoms with Crippen LogP contribution in [-0.2, 0) is 12.0 Å². The molecule has 0 saturated heterocycles. The molecule has 2 nitrogen and oxygen atoms in total. The lowest BCUT2D eigenvalue weighted by Gasteiger charge is -2.41. The van der Waals surface area contributed by atoms with Crippen molar-refractivity contribution in [3.05, 3.63) is 64.7 Å². The summed E-state index contributed by atoms with van der Waals surface area (Å²) < 4.78 is 27.8. The monoisotopic (exact) mass is 315 g/mol. The second kappa shape index (κ2) is 5.44. The van der Waals surface area contributed by atoms with Crippen molar-refractivity contribution in [3.8, 4) is 0 Å². The standard InChI is InChI=1S/C19H19F2NO/c1-12(23)14-9-13(20)7-8-18(14)22-10-15-16(19(2,3)11-22)5-4-6-17(15)21/h4-9H,10-11H2,1-3H3. The Kier molecular flexibility index (Phi) is 3.71. The van der Waals surface area contributed by atoms with Gasteiger partial charge >= 0.3 is 0 Å². The smallest absolute Gasteiger partial charge is 0.161 e. The highest BCUT2D eigenvalue weighted by Gasteiger charge is 2.34. The van der Waals surface area contributed by atoms with Gasteiger partial charge in [-0.15, -0.1) is 0 Å². The third-order valence-corrected chi connectivity index (χ3v) is 4.46. The number of rotatable bonds is 2. The minimum atomic E-state index is -0.443. The number of hydrogen-bond donors (Lipinski definition) is 0. The zero-order valence-electron chi connectivity index (χ0n) is 13.5. The van der Waals surface area contributed by atoms with Crippen molar-refractivity contribution in [2.24, 2.45) is 0 Å². The van der Waals surface area contributed by atoms with E-state index in [2.05, 4.69) is 0 Å². The highest BCUT2D eigenvalue weighted by atomic mass is 19.1. The molecule has 0 spiro atoms. The van der Waals surface area contributed by atoms with Gasteiger partial charge in [-0.1, -0.05) is 26.0 Å². The number of carbonyl (C=O) groups is 1. The van der Waals surface area contributed by atoms with E-state index < -0.39 is 5.82 Å². The van der Waals surface area contributed by atoms with Gasteiger partial charge in [-0.2, -0.15) is 0 Å². The number of halogens is 2. The summed E-state index contributed by atoms with van der Waals surface area (Å²) in [7, 11) is 0. The van der Waals surface area contributed by atoms with Crippen molar-refractivity contribution < 1.29 is 13.6 Å². The molecule has 0 aliphatic carbocycles. The van der Waals surface area contributed by atoms with Gasteiger partial charge in [0.1, 0.15) is 11.6 Å². The van der Waals surface area contributed by atoms with Crippen LogP contribution < -0.4 is 4.90 Å². The normalized spacial score (nSPS) is 16.1. The lowest BCUT2D eigenvalue weighted by Crippen LogP contribution is -2.43. The maximum absolute atomic E-state index is 14.3. The molecule has 0 atom stereocenters. The number of benzene rings is 2. The van der Waals surface area contributed by atoms with E-state index in [0.29, 0.717) is 29.9 Å². The first-order valence-electron chi connectivity index (χ1n) is 7.63. The summed E-state index contributed by atoms with van der Waals surface area (Å²) in [6.07, 6.45) is 0. The molecule has 3 rings (SSSR count). The predicted octanol–water partition coefficient (Wildman–Crippen LogP) is 4.47. The Morgan fingerprint density at radius 1 is 1.17 bits per heavy atom. The first-order valence-corrected chi connectivity index (χ1v) is 7.63. The van der Waals surface area contributed by atoms with Gasteiger partial charge in [0.05, 0.1) is 0 Å². The van der Waals surface area contributed by atoms with Crippen LogP contribution in [0.4, 0.5) is 14.5 Å². The molecule has 0 radical (unpaired) electrons. The van der Waals surface area contributed by atoms with Crippen LogP contribution in [0, 0.1) is 11.6 Å². The molecule has 1 aliphatic heterocycles. The first-order chi connectivity index (χ1) is 10.8. The average Bonchev–Trinajstić information content (AvgIpc) is 2.47. The Bertz CT molecular complexity index is 783. The van der Waals surface area contributed by atoms with Crippen LogP contribution in [0.25, 0.3) is 0 Å². The van der Waals surface area contributed by atoms with Crippen molar-refractivity contribution in [2.45, 2.75) is 32.7 Å². The Balaban J connectivity index is 2.11. The van der Waals surface area contributed by atoms with Gasteiger partial charge in [0.25, 0.3) is 0 Å². The van der Waals surface area contributed by atoms with Crippen molar-refractivity contribution in [2.75, 3.05) is 11.4 Å². The van der Waals surface area contributed by atoms with E-state index in [1.54, 1.807) is 12.1 Å². The topological polar surface area (TPSA) is 20.3 Å². The predicted molar refractivity (Wildman–Crippen MR) is 86.9 cm³/mol. The van der Waals surface area contributed by atoms with Crippen LogP contribution in [0.3, 0.4) is 0 Å². The van der Waals surface area contributed by atoms with E-state index in [4.69, 9.17) is 0 Å². The van der Waals surface area contributed by atoms with E-state index in [1.807, 2.05) is 24.8 Å². The molecule has 0 unspecified atom stereocenters. The fourth-order valence-corrected chi connectivity index (χ4v) is 3.40. The zero-order valence-corrected chi connectivity index (χ0v) is 13.5. The molecule has 1 heterocycles. The van der Waals surface area contributed by atoms with Gasteiger partial charge in [0.15, 0.2) is 5.78 Å². The zero-order chi connectivity index (χ0) is 16.8. The molecule has 0 saturated carbocycles. The van der Waals surface area contributed by atoms with Crippen molar-refractivity contribution in [1.82, 2.24) is 0 Å². The summed E-state index contributed by atoms with van der Waals surface area (Å²) in [4.78, 5) is 13.8. The largest absolute Gasteiger partial charge is 0.366 e. The molecule has 0 aromatic heterocycles. The molecule has 23 heavy (non-hydrogen) atoms. The molecular weight excluding hydrogens is 296 g/mol. The SMILES string of the molecule is CC(=O)c1cc(F)ccc1N1Cc2c(F)cccc2C(C)(C)C1. The summed E-state index contributed by atoms with van der Waals surface area (Å²) in [6.45, 7) is 6.53. The maximum Gasteiger partial charge on any atom is 0.161 e. The van der Waals surface area contributed by atoms with Crippen LogP contribution >= 0.6 is 0 Å². The second-order valence-electron chi connectivity index (χ2n) is 6.72. The highest BCUT2D eigenvalue weighted by Crippen LogP contribution is 2.37. The molecule has 0 N–H and O–H groups in total. The Morgan fingerprint density at radius 2 is 1.91 bits per heavy atom. The summed E-state index contributed by atoms with van der Waals surface area (Å²) in [5, 5.41) is 0. The molecule has 1 aliphatic rings.